The lowest BCUT2D eigenvalue weighted by Crippen LogP contribution is -2.54. The van der Waals surface area contributed by atoms with Crippen LogP contribution in [0.1, 0.15) is 163 Å². The molecule has 0 bridgehead atoms. The average Bonchev–Trinajstić information content (AvgIpc) is 1.67. The number of hydrogen-bond acceptors (Lipinski definition) is 17. The van der Waals surface area contributed by atoms with Gasteiger partial charge in [0.15, 0.2) is 0 Å². The fraction of sp³-hybridized carbons (Fsp3) is 0.473. The number of carbonyl (C=O) groups is 12. The number of benzene rings is 6. The van der Waals surface area contributed by atoms with E-state index in [1.807, 2.05) is 46.4 Å². The molecule has 5 fully saturated rings. The number of anilines is 3. The van der Waals surface area contributed by atoms with Crippen LogP contribution in [0.2, 0.25) is 30.1 Å². The summed E-state index contributed by atoms with van der Waals surface area (Å²) in [4.78, 5) is 158. The minimum absolute atomic E-state index is 0. The number of ether oxygens (including phenoxy) is 4. The lowest BCUT2D eigenvalue weighted by atomic mass is 9.64. The SMILES string of the molecule is C.C.CC1(C)[C@@H](C(=O)N[C@@H](Cc2ccc(NC(=O)c3c(Cl)cccc3Cl)cc2)C(=O)O)CC[C@@]1(C)C(=O)N1CCOCC1.COC(=O)[C@H](Cc1ccc(NC(=O)c2c(Cl)cccc2Cl)cc1)NC(=O)[C@H]1CC[C@@](C)(C(=O)N2CCOCC2)C1(C)C.COC(=O)[C@H](Cc1ccc(NC(=O)c2c(Cl)cccc2Cl)cc1)NC(=O)[C@H]1CC[C@@](C)(C(=O)O)C1(C)C.[B][P+](C)=O. The molecule has 3 aliphatic carbocycles. The van der Waals surface area contributed by atoms with Crippen LogP contribution in [0, 0.1) is 50.2 Å². The molecule has 2 aliphatic heterocycles. The Labute approximate surface area is 768 Å². The van der Waals surface area contributed by atoms with Crippen LogP contribution in [0.5, 0.6) is 0 Å². The largest absolute Gasteiger partial charge is 0.502 e. The minimum atomic E-state index is -1.37. The summed E-state index contributed by atoms with van der Waals surface area (Å²) < 4.78 is 30.0. The summed E-state index contributed by atoms with van der Waals surface area (Å²) >= 11 is 36.7. The Morgan fingerprint density at radius 1 is 0.429 bits per heavy atom. The molecule has 2 radical (unpaired) electrons. The molecule has 2 saturated heterocycles. The Morgan fingerprint density at radius 2 is 0.667 bits per heavy atom. The predicted octanol–water partition coefficient (Wildman–Crippen LogP) is 16.2. The van der Waals surface area contributed by atoms with Gasteiger partial charge in [-0.25, -0.2) is 14.4 Å². The van der Waals surface area contributed by atoms with Gasteiger partial charge in [0.1, 0.15) is 24.8 Å². The third-order valence-electron chi connectivity index (χ3n) is 25.4. The highest BCUT2D eigenvalue weighted by atomic mass is 35.5. The van der Waals surface area contributed by atoms with Crippen molar-refractivity contribution in [1.82, 2.24) is 25.8 Å². The molecule has 10 atom stereocenters. The zero-order valence-electron chi connectivity index (χ0n) is 71.1. The van der Waals surface area contributed by atoms with Gasteiger partial charge in [0.2, 0.25) is 29.5 Å². The monoisotopic (exact) mass is 1870 g/mol. The van der Waals surface area contributed by atoms with Gasteiger partial charge in [-0.2, -0.15) is 0 Å². The number of carboxylic acid groups (broad SMARTS) is 2. The fourth-order valence-electron chi connectivity index (χ4n) is 16.5. The molecule has 5 aliphatic rings. The van der Waals surface area contributed by atoms with E-state index in [2.05, 4.69) is 39.5 Å². The number of halogens is 6. The van der Waals surface area contributed by atoms with Gasteiger partial charge in [-0.05, 0) is 151 Å². The van der Waals surface area contributed by atoms with Crippen molar-refractivity contribution in [3.05, 3.63) is 191 Å². The quantitative estimate of drug-likeness (QED) is 0.0158. The summed E-state index contributed by atoms with van der Waals surface area (Å²) in [7, 11) is 5.76. The molecule has 3 saturated carbocycles. The number of nitrogens with one attached hydrogen (secondary N) is 6. The van der Waals surface area contributed by atoms with Crippen molar-refractivity contribution < 1.29 is 91.3 Å². The molecule has 0 spiro atoms. The van der Waals surface area contributed by atoms with E-state index < -0.39 is 118 Å². The Kier molecular flexibility index (Phi) is 38.3. The second-order valence-corrected chi connectivity index (χ2v) is 37.1. The maximum Gasteiger partial charge on any atom is 0.502 e. The third kappa shape index (κ3) is 25.0. The Morgan fingerprint density at radius 3 is 0.905 bits per heavy atom. The Hall–Kier alpha value is -9.22. The van der Waals surface area contributed by atoms with Crippen molar-refractivity contribution in [1.29, 1.82) is 0 Å². The zero-order chi connectivity index (χ0) is 91.7. The van der Waals surface area contributed by atoms with Gasteiger partial charge in [0, 0.05) is 80.3 Å². The summed E-state index contributed by atoms with van der Waals surface area (Å²) in [5, 5.41) is 37.6. The van der Waals surface area contributed by atoms with Crippen molar-refractivity contribution in [2.75, 3.05) is 89.4 Å². The lowest BCUT2D eigenvalue weighted by molar-refractivity contribution is -0.156. The van der Waals surface area contributed by atoms with Gasteiger partial charge in [-0.1, -0.05) is 194 Å². The number of methoxy groups -OCH3 is 2. The van der Waals surface area contributed by atoms with Crippen LogP contribution in [0.15, 0.2) is 127 Å². The van der Waals surface area contributed by atoms with E-state index in [1.165, 1.54) is 20.9 Å². The highest BCUT2D eigenvalue weighted by Gasteiger charge is 2.62. The maximum absolute atomic E-state index is 13.6. The first kappa shape index (κ1) is 106. The molecule has 1 unspecified atom stereocenters. The normalized spacial score (nSPS) is 21.3. The number of aliphatic carboxylic acids is 2. The van der Waals surface area contributed by atoms with Crippen LogP contribution in [0.3, 0.4) is 0 Å². The zero-order valence-corrected chi connectivity index (χ0v) is 76.6. The lowest BCUT2D eigenvalue weighted by Gasteiger charge is -2.43. The summed E-state index contributed by atoms with van der Waals surface area (Å²) in [6.45, 7) is 22.4. The van der Waals surface area contributed by atoms with Gasteiger partial charge in [0.25, 0.3) is 25.4 Å². The summed E-state index contributed by atoms with van der Waals surface area (Å²) in [6.07, 6.45) is 3.27. The molecular weight excluding hydrogens is 1760 g/mol. The van der Waals surface area contributed by atoms with Crippen molar-refractivity contribution in [2.24, 2.45) is 50.2 Å². The molecule has 11 rings (SSSR count). The molecular formula is C91H113BCl6N8O19P+. The Bertz CT molecular complexity index is 4900. The van der Waals surface area contributed by atoms with E-state index in [9.17, 15) is 72.3 Å². The molecule has 6 aromatic rings. The van der Waals surface area contributed by atoms with Crippen molar-refractivity contribution in [3.63, 3.8) is 0 Å². The van der Waals surface area contributed by atoms with Crippen molar-refractivity contribution >= 4 is 173 Å². The highest BCUT2D eigenvalue weighted by molar-refractivity contribution is 7.71. The van der Waals surface area contributed by atoms with Crippen LogP contribution < -0.4 is 31.9 Å². The van der Waals surface area contributed by atoms with Gasteiger partial charge >= 0.3 is 31.4 Å². The van der Waals surface area contributed by atoms with Crippen LogP contribution in [0.4, 0.5) is 17.1 Å². The number of morpholine rings is 2. The smallest absolute Gasteiger partial charge is 0.481 e. The number of amides is 8. The molecule has 0 aromatic heterocycles. The van der Waals surface area contributed by atoms with E-state index in [-0.39, 0.29) is 110 Å². The fourth-order valence-corrected chi connectivity index (χ4v) is 18.3. The average molecular weight is 1880 g/mol. The van der Waals surface area contributed by atoms with E-state index in [0.717, 1.165) is 5.56 Å². The van der Waals surface area contributed by atoms with Gasteiger partial charge < -0.3 is 70.9 Å². The van der Waals surface area contributed by atoms with Crippen LogP contribution >= 0.6 is 77.3 Å². The van der Waals surface area contributed by atoms with Crippen LogP contribution in [-0.4, -0.2) is 190 Å². The predicted molar refractivity (Wildman–Crippen MR) is 490 cm³/mol. The van der Waals surface area contributed by atoms with E-state index in [4.69, 9.17) is 88.6 Å². The van der Waals surface area contributed by atoms with Crippen molar-refractivity contribution in [2.45, 2.75) is 153 Å². The molecule has 35 heteroatoms. The molecule has 8 N–H and O–H groups in total. The van der Waals surface area contributed by atoms with Gasteiger partial charge in [0.05, 0.1) is 104 Å². The van der Waals surface area contributed by atoms with E-state index in [0.29, 0.717) is 119 Å². The first-order valence-electron chi connectivity index (χ1n) is 40.2. The van der Waals surface area contributed by atoms with E-state index in [1.54, 1.807) is 153 Å². The summed E-state index contributed by atoms with van der Waals surface area (Å²) in [6, 6.07) is 31.6. The number of nitrogens with zero attached hydrogens (tertiary/aromatic N) is 2. The second-order valence-electron chi connectivity index (χ2n) is 33.5. The maximum atomic E-state index is 13.6. The van der Waals surface area contributed by atoms with Gasteiger partial charge in [-0.15, -0.1) is 4.57 Å². The molecule has 680 valence electrons. The Balaban J connectivity index is 0.000000284. The van der Waals surface area contributed by atoms with Crippen LogP contribution in [0.25, 0.3) is 0 Å². The number of rotatable bonds is 24. The third-order valence-corrected chi connectivity index (χ3v) is 27.3. The molecule has 2 heterocycles. The first-order valence-corrected chi connectivity index (χ1v) is 44.3. The molecule has 8 amide bonds. The summed E-state index contributed by atoms with van der Waals surface area (Å²) in [5.74, 6) is -7.21. The second kappa shape index (κ2) is 45.7. The standard InChI is InChI=1S/C31H37Cl2N3O6.C30H35Cl2N3O6.C27H30Cl2N2O6.CH3BOP.2CH4/c1-30(2)21(12-13-31(30,3)29(40)36-14-16-42-17-15-36)26(37)35-24(28(39)41-4)18-19-8-10-20(11-9-19)34-27(38)25-22(32)6-5-7-23(25)33;1-29(2)20(11-12-30(29,3)28(40)35-13-15-41-16-14-35)25(36)34-23(27(38)39)17-18-7-9-19(10-8-18)33-26(37)24-21(31)5-4-6-22(24)32;1-26(2)17(12-13-27(26,3)25(35)36)22(32)31-20(24(34)37-4)14-15-8-10-16(11-9-15)30-23(33)21-18(28)6-5-7-19(21)29;1-4(2)3;;/h5-11,21,24H,12-18H2,1-4H3,(H,34,38)(H,35,37);4-10,20,23H,11-17H2,1-3H3,(H,33,37)(H,34,36)(H,38,39);5-11,17,20H,12-14H2,1-4H3,(H,30,33)(H,31,32)(H,35,36);1H3;2*1H4/q;;;+1;;/t21-,24+,31+;20-,23+,30+;17-,20+,27+;;;/m111.../s1. The molecule has 126 heavy (non-hydrogen) atoms. The van der Waals surface area contributed by atoms with Crippen molar-refractivity contribution in [3.8, 4) is 0 Å². The number of hydrogen-bond donors (Lipinski definition) is 8. The topological polar surface area (TPSA) is 378 Å². The van der Waals surface area contributed by atoms with Crippen LogP contribution in [-0.2, 0) is 85.9 Å². The number of carbonyl (C=O) groups excluding carboxylic acids is 10. The highest BCUT2D eigenvalue weighted by Crippen LogP contribution is 2.59. The summed E-state index contributed by atoms with van der Waals surface area (Å²) in [5.41, 5.74) is -0.564. The van der Waals surface area contributed by atoms with E-state index >= 15 is 0 Å². The van der Waals surface area contributed by atoms with Gasteiger partial charge in [-0.3, -0.25) is 43.2 Å². The molecule has 6 aromatic carbocycles. The first-order chi connectivity index (χ1) is 58.3. The number of esters is 2. The molecule has 27 nitrogen and oxygen atoms in total. The minimum Gasteiger partial charge on any atom is -0.481 e. The number of carboxylic acids is 2.